The molecule has 1 N–H and O–H groups in total. The highest BCUT2D eigenvalue weighted by Gasteiger charge is 2.06. The molecule has 0 aliphatic heterocycles. The molecule has 0 unspecified atom stereocenters. The van der Waals surface area contributed by atoms with E-state index in [0.29, 0.717) is 11.3 Å². The third-order valence-electron chi connectivity index (χ3n) is 4.13. The van der Waals surface area contributed by atoms with Gasteiger partial charge in [-0.2, -0.15) is 0 Å². The van der Waals surface area contributed by atoms with Crippen molar-refractivity contribution in [1.82, 2.24) is 0 Å². The normalized spacial score (nSPS) is 11.2. The number of thiophene rings is 1. The molecule has 2 nitrogen and oxygen atoms in total. The molecule has 0 amide bonds. The maximum absolute atomic E-state index is 12.4. The summed E-state index contributed by atoms with van der Waals surface area (Å²) in [7, 11) is 0. The second kappa shape index (κ2) is 7.08. The molecule has 1 heterocycles. The first-order valence-corrected chi connectivity index (χ1v) is 8.95. The molecule has 0 saturated carbocycles. The van der Waals surface area contributed by atoms with E-state index >= 15 is 0 Å². The largest absolute Gasteiger partial charge is 0.507 e. The van der Waals surface area contributed by atoms with Crippen molar-refractivity contribution in [1.29, 1.82) is 0 Å². The molecular weight excluding hydrogens is 328 g/mol. The molecule has 0 aliphatic carbocycles. The number of aryl methyl sites for hydroxylation is 3. The zero-order chi connectivity index (χ0) is 18.0. The summed E-state index contributed by atoms with van der Waals surface area (Å²) in [6.07, 6.45) is 3.37. The Labute approximate surface area is 152 Å². The number of phenolic OH excluding ortho intramolecular Hbond substituents is 1. The van der Waals surface area contributed by atoms with E-state index < -0.39 is 0 Å². The van der Waals surface area contributed by atoms with E-state index in [0.717, 1.165) is 22.3 Å². The molecule has 25 heavy (non-hydrogen) atoms. The highest BCUT2D eigenvalue weighted by molar-refractivity contribution is 7.15. The first-order valence-electron chi connectivity index (χ1n) is 8.13. The number of rotatable bonds is 4. The molecule has 3 heteroatoms. The van der Waals surface area contributed by atoms with Crippen LogP contribution >= 0.6 is 11.3 Å². The number of carbonyl (C=O) groups excluding carboxylic acids is 1. The lowest BCUT2D eigenvalue weighted by molar-refractivity contribution is 0.104. The van der Waals surface area contributed by atoms with E-state index in [1.54, 1.807) is 23.5 Å². The minimum atomic E-state index is -0.0303. The van der Waals surface area contributed by atoms with Gasteiger partial charge in [-0.25, -0.2) is 0 Å². The Bertz CT molecular complexity index is 923. The van der Waals surface area contributed by atoms with E-state index in [4.69, 9.17) is 0 Å². The van der Waals surface area contributed by atoms with Crippen LogP contribution in [0.4, 0.5) is 0 Å². The van der Waals surface area contributed by atoms with Crippen molar-refractivity contribution in [2.24, 2.45) is 0 Å². The van der Waals surface area contributed by atoms with Crippen LogP contribution in [0.2, 0.25) is 0 Å². The van der Waals surface area contributed by atoms with Crippen LogP contribution in [0.25, 0.3) is 16.5 Å². The number of benzene rings is 2. The summed E-state index contributed by atoms with van der Waals surface area (Å²) in [5.41, 5.74) is 4.32. The minimum Gasteiger partial charge on any atom is -0.507 e. The van der Waals surface area contributed by atoms with Crippen molar-refractivity contribution in [3.05, 3.63) is 81.7 Å². The van der Waals surface area contributed by atoms with Crippen LogP contribution in [0.5, 0.6) is 5.75 Å². The third kappa shape index (κ3) is 3.89. The summed E-state index contributed by atoms with van der Waals surface area (Å²) in [5, 5.41) is 9.82. The predicted molar refractivity (Wildman–Crippen MR) is 105 cm³/mol. The average Bonchev–Trinajstić information content (AvgIpc) is 3.04. The summed E-state index contributed by atoms with van der Waals surface area (Å²) in [5.74, 6) is 0.278. The molecule has 0 radical (unpaired) electrons. The van der Waals surface area contributed by atoms with Crippen LogP contribution in [0.1, 0.15) is 31.9 Å². The zero-order valence-electron chi connectivity index (χ0n) is 14.5. The molecule has 0 atom stereocenters. The monoisotopic (exact) mass is 348 g/mol. The van der Waals surface area contributed by atoms with E-state index in [2.05, 4.69) is 19.1 Å². The number of phenols is 1. The first-order chi connectivity index (χ1) is 11.9. The third-order valence-corrected chi connectivity index (χ3v) is 5.18. The Hall–Kier alpha value is -2.65. The summed E-state index contributed by atoms with van der Waals surface area (Å²) < 4.78 is 0. The van der Waals surface area contributed by atoms with Gasteiger partial charge in [-0.05, 0) is 73.4 Å². The van der Waals surface area contributed by atoms with E-state index in [-0.39, 0.29) is 5.78 Å². The van der Waals surface area contributed by atoms with Gasteiger partial charge in [-0.3, -0.25) is 4.79 Å². The molecule has 0 spiro atoms. The van der Waals surface area contributed by atoms with E-state index in [9.17, 15) is 9.90 Å². The van der Waals surface area contributed by atoms with Gasteiger partial charge in [0.05, 0.1) is 0 Å². The molecule has 0 fully saturated rings. The van der Waals surface area contributed by atoms with Crippen molar-refractivity contribution in [2.45, 2.75) is 20.8 Å². The zero-order valence-corrected chi connectivity index (χ0v) is 15.4. The molecule has 126 valence electrons. The summed E-state index contributed by atoms with van der Waals surface area (Å²) >= 11 is 1.75. The topological polar surface area (TPSA) is 37.3 Å². The fraction of sp³-hybridized carbons (Fsp3) is 0.136. The second-order valence-corrected chi connectivity index (χ2v) is 7.48. The highest BCUT2D eigenvalue weighted by Crippen LogP contribution is 2.28. The lowest BCUT2D eigenvalue weighted by Crippen LogP contribution is -1.93. The summed E-state index contributed by atoms with van der Waals surface area (Å²) in [4.78, 5) is 14.9. The van der Waals surface area contributed by atoms with Crippen molar-refractivity contribution in [2.75, 3.05) is 0 Å². The molecule has 0 saturated heterocycles. The summed E-state index contributed by atoms with van der Waals surface area (Å²) in [6.45, 7) is 5.79. The van der Waals surface area contributed by atoms with Crippen LogP contribution in [-0.4, -0.2) is 10.9 Å². The van der Waals surface area contributed by atoms with Gasteiger partial charge in [-0.1, -0.05) is 30.3 Å². The molecule has 1 aromatic heterocycles. The maximum Gasteiger partial charge on any atom is 0.185 e. The van der Waals surface area contributed by atoms with Gasteiger partial charge in [0.1, 0.15) is 5.75 Å². The summed E-state index contributed by atoms with van der Waals surface area (Å²) in [6, 6.07) is 15.6. The highest BCUT2D eigenvalue weighted by atomic mass is 32.1. The smallest absolute Gasteiger partial charge is 0.185 e. The Morgan fingerprint density at radius 2 is 1.60 bits per heavy atom. The average molecular weight is 348 g/mol. The first kappa shape index (κ1) is 17.2. The van der Waals surface area contributed by atoms with Crippen LogP contribution in [0, 0.1) is 20.8 Å². The fourth-order valence-electron chi connectivity index (χ4n) is 2.74. The van der Waals surface area contributed by atoms with Crippen molar-refractivity contribution < 1.29 is 9.90 Å². The molecular formula is C22H20O2S. The van der Waals surface area contributed by atoms with Gasteiger partial charge in [0.15, 0.2) is 5.78 Å². The van der Waals surface area contributed by atoms with Gasteiger partial charge in [0.2, 0.25) is 0 Å². The SMILES string of the molecule is Cc1ccc(-c2ccc(C(=O)/C=C/c3cc(C)c(O)c(C)c3)cc2)s1. The number of ketones is 1. The second-order valence-electron chi connectivity index (χ2n) is 6.19. The standard InChI is InChI=1S/C22H20O2S/c1-14-12-17(13-15(2)22(14)24)5-10-20(23)18-6-8-19(9-7-18)21-11-4-16(3)25-21/h4-13,24H,1-3H3/b10-5+. The van der Waals surface area contributed by atoms with Crippen LogP contribution < -0.4 is 0 Å². The Morgan fingerprint density at radius 1 is 0.960 bits per heavy atom. The van der Waals surface area contributed by atoms with E-state index in [1.165, 1.54) is 9.75 Å². The molecule has 3 rings (SSSR count). The number of allylic oxidation sites excluding steroid dienone is 1. The van der Waals surface area contributed by atoms with Crippen molar-refractivity contribution >= 4 is 23.2 Å². The Kier molecular flexibility index (Phi) is 4.86. The quantitative estimate of drug-likeness (QED) is 0.468. The number of hydrogen-bond donors (Lipinski definition) is 1. The number of hydrogen-bond acceptors (Lipinski definition) is 3. The van der Waals surface area contributed by atoms with Gasteiger partial charge in [-0.15, -0.1) is 11.3 Å². The van der Waals surface area contributed by atoms with Gasteiger partial charge in [0.25, 0.3) is 0 Å². The van der Waals surface area contributed by atoms with Gasteiger partial charge >= 0.3 is 0 Å². The lowest BCUT2D eigenvalue weighted by Gasteiger charge is -2.04. The van der Waals surface area contributed by atoms with Crippen LogP contribution in [0.15, 0.2) is 54.6 Å². The van der Waals surface area contributed by atoms with Crippen molar-refractivity contribution in [3.8, 4) is 16.2 Å². The molecule has 3 aromatic rings. The fourth-order valence-corrected chi connectivity index (χ4v) is 3.62. The van der Waals surface area contributed by atoms with Crippen molar-refractivity contribution in [3.63, 3.8) is 0 Å². The maximum atomic E-state index is 12.4. The number of carbonyl (C=O) groups is 1. The predicted octanol–water partition coefficient (Wildman–Crippen LogP) is 5.94. The Balaban J connectivity index is 1.77. The Morgan fingerprint density at radius 3 is 2.16 bits per heavy atom. The van der Waals surface area contributed by atoms with Gasteiger partial charge in [0, 0.05) is 15.3 Å². The van der Waals surface area contributed by atoms with Crippen LogP contribution in [-0.2, 0) is 0 Å². The van der Waals surface area contributed by atoms with Crippen LogP contribution in [0.3, 0.4) is 0 Å². The lowest BCUT2D eigenvalue weighted by atomic mass is 10.0. The van der Waals surface area contributed by atoms with E-state index in [1.807, 2.05) is 50.2 Å². The number of aromatic hydroxyl groups is 1. The molecule has 2 aromatic carbocycles. The van der Waals surface area contributed by atoms with Gasteiger partial charge < -0.3 is 5.11 Å². The molecule has 0 aliphatic rings. The minimum absolute atomic E-state index is 0.0303. The molecule has 0 bridgehead atoms.